The molecule has 1 aliphatic heterocycles. The van der Waals surface area contributed by atoms with E-state index in [0.717, 1.165) is 47.8 Å². The zero-order valence-electron chi connectivity index (χ0n) is 16.9. The molecule has 0 unspecified atom stereocenters. The normalized spacial score (nSPS) is 16.2. The van der Waals surface area contributed by atoms with E-state index in [1.54, 1.807) is 25.6 Å². The molecular formula is C22H24N4O3. The first kappa shape index (κ1) is 19.1. The molecule has 0 N–H and O–H groups in total. The summed E-state index contributed by atoms with van der Waals surface area (Å²) >= 11 is 0. The lowest BCUT2D eigenvalue weighted by atomic mass is 9.98. The van der Waals surface area contributed by atoms with Crippen molar-refractivity contribution in [2.24, 2.45) is 5.92 Å². The van der Waals surface area contributed by atoms with Crippen LogP contribution in [0.15, 0.2) is 41.2 Å². The van der Waals surface area contributed by atoms with Crippen LogP contribution in [-0.4, -0.2) is 46.1 Å². The van der Waals surface area contributed by atoms with Crippen LogP contribution in [0, 0.1) is 19.8 Å². The van der Waals surface area contributed by atoms with Gasteiger partial charge in [0.05, 0.1) is 29.8 Å². The van der Waals surface area contributed by atoms with Crippen LogP contribution in [0.2, 0.25) is 0 Å². The van der Waals surface area contributed by atoms with Gasteiger partial charge in [-0.25, -0.2) is 0 Å². The lowest BCUT2D eigenvalue weighted by Crippen LogP contribution is -2.29. The largest absolute Gasteiger partial charge is 0.497 e. The molecule has 1 fully saturated rings. The first-order chi connectivity index (χ1) is 14.1. The minimum Gasteiger partial charge on any atom is -0.497 e. The number of carbonyl (C=O) groups is 1. The summed E-state index contributed by atoms with van der Waals surface area (Å²) in [6.07, 6.45) is 5.10. The minimum atomic E-state index is 0.0384. The van der Waals surface area contributed by atoms with Crippen molar-refractivity contribution < 1.29 is 14.1 Å². The molecule has 0 bridgehead atoms. The van der Waals surface area contributed by atoms with Crippen molar-refractivity contribution in [3.05, 3.63) is 59.4 Å². The SMILES string of the molecule is COc1cccc(C(=O)N2CC[C@H](Cc3nccnc3-c3c(C)noc3C)C2)c1. The molecule has 1 aliphatic rings. The highest BCUT2D eigenvalue weighted by atomic mass is 16.5. The number of amides is 1. The van der Waals surface area contributed by atoms with Gasteiger partial charge in [0, 0.05) is 31.0 Å². The zero-order chi connectivity index (χ0) is 20.4. The Morgan fingerprint density at radius 1 is 1.28 bits per heavy atom. The Bertz CT molecular complexity index is 1010. The molecule has 150 valence electrons. The summed E-state index contributed by atoms with van der Waals surface area (Å²) in [7, 11) is 1.60. The van der Waals surface area contributed by atoms with Crippen molar-refractivity contribution in [2.75, 3.05) is 20.2 Å². The lowest BCUT2D eigenvalue weighted by molar-refractivity contribution is 0.0786. The Balaban J connectivity index is 1.49. The quantitative estimate of drug-likeness (QED) is 0.661. The molecule has 1 aromatic carbocycles. The third kappa shape index (κ3) is 3.85. The van der Waals surface area contributed by atoms with Gasteiger partial charge in [0.2, 0.25) is 0 Å². The summed E-state index contributed by atoms with van der Waals surface area (Å²) in [5.41, 5.74) is 4.12. The molecule has 3 aromatic rings. The highest BCUT2D eigenvalue weighted by molar-refractivity contribution is 5.94. The number of aromatic nitrogens is 3. The van der Waals surface area contributed by atoms with Crippen LogP contribution >= 0.6 is 0 Å². The highest BCUT2D eigenvalue weighted by Crippen LogP contribution is 2.30. The maximum absolute atomic E-state index is 12.9. The highest BCUT2D eigenvalue weighted by Gasteiger charge is 2.29. The monoisotopic (exact) mass is 392 g/mol. The second-order valence-electron chi connectivity index (χ2n) is 7.39. The van der Waals surface area contributed by atoms with Crippen LogP contribution in [0.1, 0.15) is 33.9 Å². The van der Waals surface area contributed by atoms with Crippen molar-refractivity contribution in [3.63, 3.8) is 0 Å². The number of benzene rings is 1. The van der Waals surface area contributed by atoms with Crippen molar-refractivity contribution in [1.29, 1.82) is 0 Å². The lowest BCUT2D eigenvalue weighted by Gasteiger charge is -2.17. The van der Waals surface area contributed by atoms with E-state index in [1.165, 1.54) is 0 Å². The van der Waals surface area contributed by atoms with Crippen LogP contribution in [-0.2, 0) is 6.42 Å². The summed E-state index contributed by atoms with van der Waals surface area (Å²) in [6.45, 7) is 5.24. The number of likely N-dealkylation sites (tertiary alicyclic amines) is 1. The van der Waals surface area contributed by atoms with Crippen molar-refractivity contribution >= 4 is 5.91 Å². The molecule has 7 heteroatoms. The molecule has 4 rings (SSSR count). The number of hydrogen-bond acceptors (Lipinski definition) is 6. The Kier molecular flexibility index (Phi) is 5.29. The molecule has 0 saturated carbocycles. The molecule has 3 heterocycles. The summed E-state index contributed by atoms with van der Waals surface area (Å²) in [4.78, 5) is 23.9. The number of aryl methyl sites for hydroxylation is 2. The topological polar surface area (TPSA) is 81.4 Å². The molecule has 29 heavy (non-hydrogen) atoms. The van der Waals surface area contributed by atoms with Crippen LogP contribution < -0.4 is 4.74 Å². The van der Waals surface area contributed by atoms with Crippen molar-refractivity contribution in [2.45, 2.75) is 26.7 Å². The predicted octanol–water partition coefficient (Wildman–Crippen LogP) is 3.46. The maximum atomic E-state index is 12.9. The number of nitrogens with zero attached hydrogens (tertiary/aromatic N) is 4. The third-order valence-corrected chi connectivity index (χ3v) is 5.42. The molecule has 1 saturated heterocycles. The van der Waals surface area contributed by atoms with Gasteiger partial charge in [0.1, 0.15) is 11.5 Å². The van der Waals surface area contributed by atoms with E-state index in [1.807, 2.05) is 36.9 Å². The fraction of sp³-hybridized carbons (Fsp3) is 0.364. The van der Waals surface area contributed by atoms with Gasteiger partial charge in [-0.15, -0.1) is 0 Å². The average molecular weight is 392 g/mol. The zero-order valence-corrected chi connectivity index (χ0v) is 16.9. The summed E-state index contributed by atoms with van der Waals surface area (Å²) in [5, 5.41) is 4.04. The first-order valence-corrected chi connectivity index (χ1v) is 9.73. The van der Waals surface area contributed by atoms with E-state index in [2.05, 4.69) is 15.1 Å². The molecule has 0 spiro atoms. The van der Waals surface area contributed by atoms with E-state index >= 15 is 0 Å². The van der Waals surface area contributed by atoms with Gasteiger partial charge in [-0.2, -0.15) is 0 Å². The van der Waals surface area contributed by atoms with Crippen molar-refractivity contribution in [3.8, 4) is 17.0 Å². The van der Waals surface area contributed by atoms with Crippen LogP contribution in [0.3, 0.4) is 0 Å². The number of carbonyl (C=O) groups excluding carboxylic acids is 1. The number of rotatable bonds is 5. The van der Waals surface area contributed by atoms with E-state index in [9.17, 15) is 4.79 Å². The summed E-state index contributed by atoms with van der Waals surface area (Å²) in [6, 6.07) is 7.30. The minimum absolute atomic E-state index is 0.0384. The molecule has 1 atom stereocenters. The fourth-order valence-corrected chi connectivity index (χ4v) is 3.94. The third-order valence-electron chi connectivity index (χ3n) is 5.42. The average Bonchev–Trinajstić information content (AvgIpc) is 3.34. The van der Waals surface area contributed by atoms with E-state index in [0.29, 0.717) is 23.8 Å². The van der Waals surface area contributed by atoms with Gasteiger partial charge >= 0.3 is 0 Å². The summed E-state index contributed by atoms with van der Waals surface area (Å²) < 4.78 is 10.5. The van der Waals surface area contributed by atoms with Gasteiger partial charge in [-0.05, 0) is 50.8 Å². The first-order valence-electron chi connectivity index (χ1n) is 9.73. The van der Waals surface area contributed by atoms with Gasteiger partial charge < -0.3 is 14.2 Å². The molecule has 1 amide bonds. The van der Waals surface area contributed by atoms with Crippen LogP contribution in [0.4, 0.5) is 0 Å². The van der Waals surface area contributed by atoms with Gasteiger partial charge in [0.25, 0.3) is 5.91 Å². The Morgan fingerprint density at radius 3 is 2.86 bits per heavy atom. The van der Waals surface area contributed by atoms with Crippen LogP contribution in [0.25, 0.3) is 11.3 Å². The van der Waals surface area contributed by atoms with E-state index < -0.39 is 0 Å². The second-order valence-corrected chi connectivity index (χ2v) is 7.39. The Hall–Kier alpha value is -3.22. The van der Waals surface area contributed by atoms with E-state index in [-0.39, 0.29) is 5.91 Å². The number of ether oxygens (including phenoxy) is 1. The van der Waals surface area contributed by atoms with Crippen molar-refractivity contribution in [1.82, 2.24) is 20.0 Å². The molecule has 0 radical (unpaired) electrons. The number of hydrogen-bond donors (Lipinski definition) is 0. The van der Waals surface area contributed by atoms with E-state index in [4.69, 9.17) is 9.26 Å². The Labute approximate surface area is 169 Å². The Morgan fingerprint density at radius 2 is 2.10 bits per heavy atom. The smallest absolute Gasteiger partial charge is 0.253 e. The molecule has 2 aromatic heterocycles. The molecule has 7 nitrogen and oxygen atoms in total. The van der Waals surface area contributed by atoms with Gasteiger partial charge in [-0.1, -0.05) is 11.2 Å². The number of methoxy groups -OCH3 is 1. The summed E-state index contributed by atoms with van der Waals surface area (Å²) in [5.74, 6) is 1.80. The van der Waals surface area contributed by atoms with Gasteiger partial charge in [-0.3, -0.25) is 14.8 Å². The molecule has 0 aliphatic carbocycles. The van der Waals surface area contributed by atoms with Crippen LogP contribution in [0.5, 0.6) is 5.75 Å². The fourth-order valence-electron chi connectivity index (χ4n) is 3.94. The molecular weight excluding hydrogens is 368 g/mol. The maximum Gasteiger partial charge on any atom is 0.253 e. The predicted molar refractivity (Wildman–Crippen MR) is 108 cm³/mol. The second kappa shape index (κ2) is 8.03. The standard InChI is InChI=1S/C22H24N4O3/c1-14-20(15(2)29-25-14)21-19(23-8-9-24-21)11-16-7-10-26(13-16)22(27)17-5-4-6-18(12-17)28-3/h4-6,8-9,12,16H,7,10-11,13H2,1-3H3/t16-/m1/s1. The van der Waals surface area contributed by atoms with Gasteiger partial charge in [0.15, 0.2) is 0 Å².